The Morgan fingerprint density at radius 1 is 0.240 bits per heavy atom. The first kappa shape index (κ1) is 70.5. The van der Waals surface area contributed by atoms with Gasteiger partial charge in [0, 0.05) is 28.3 Å². The maximum Gasteiger partial charge on any atom is 0.401 e. The Balaban J connectivity index is 0.0000000959. The topological polar surface area (TPSA) is 105 Å². The van der Waals surface area contributed by atoms with E-state index >= 15 is 0 Å². The maximum atomic E-state index is 7.25. The summed E-state index contributed by atoms with van der Waals surface area (Å²) in [6.45, 7) is 0. The van der Waals surface area contributed by atoms with Gasteiger partial charge in [-0.3, -0.25) is 0 Å². The van der Waals surface area contributed by atoms with Gasteiger partial charge in [-0.25, -0.2) is 9.13 Å². The van der Waals surface area contributed by atoms with Gasteiger partial charge in [-0.15, -0.1) is 19.6 Å². The van der Waals surface area contributed by atoms with Crippen LogP contribution in [-0.2, 0) is 30.8 Å². The number of hydrazine groups is 3. The number of hydrogen-bond acceptors (Lipinski definition) is 10. The molecule has 17 heterocycles. The van der Waals surface area contributed by atoms with Crippen LogP contribution in [0.5, 0.6) is 46.1 Å². The van der Waals surface area contributed by atoms with Crippen LogP contribution in [0.15, 0.2) is 383 Å². The average molecular weight is 1670 g/mol. The van der Waals surface area contributed by atoms with E-state index in [1.54, 1.807) is 0 Å². The molecular weight excluding hydrogens is 1600 g/mol. The number of aromatic nitrogens is 5. The molecule has 610 valence electrons. The monoisotopic (exact) mass is 1670 g/mol. The first-order chi connectivity index (χ1) is 63.7. The summed E-state index contributed by atoms with van der Waals surface area (Å²) in [7, 11) is 6.27. The molecule has 18 heteroatoms. The summed E-state index contributed by atoms with van der Waals surface area (Å²) in [5.41, 5.74) is 23.8. The summed E-state index contributed by atoms with van der Waals surface area (Å²) in [5, 5.41) is 11.8. The largest absolute Gasteiger partial charge is 0.456 e. The SMILES string of the molecule is C[N+]1=C(c2ccc(-c3ccccc3)cc2)OC2N1c1cccc3c1C21c2c(ccc4c5ccccc5n(c24)-c2cccc[n+]21)O3.C[N+]1=C(c2ccc(-c3ccccc3)cc2)OC2N1c1cccc3c1C21c2c(cccc2-n2c4ccccc4c4ccc[n+]1c42)O3.C[N+]1=C(c2ccc(-c3ccccc3)cc2)OC2N1c1cccc3c1C21c2c(cccc2Oc2cccc[n+]21)O3. The van der Waals surface area contributed by atoms with Crippen LogP contribution in [0.3, 0.4) is 0 Å². The van der Waals surface area contributed by atoms with E-state index in [1.807, 2.05) is 60.7 Å². The Morgan fingerprint density at radius 3 is 1.09 bits per heavy atom. The summed E-state index contributed by atoms with van der Waals surface area (Å²) in [5.74, 6) is 10.2. The second-order valence-corrected chi connectivity index (χ2v) is 34.7. The lowest BCUT2D eigenvalue weighted by Gasteiger charge is -2.39. The highest BCUT2D eigenvalue weighted by molar-refractivity contribution is 6.12. The molecule has 0 saturated carbocycles. The smallest absolute Gasteiger partial charge is 0.401 e. The van der Waals surface area contributed by atoms with E-state index in [9.17, 15) is 0 Å². The molecule has 12 aliphatic heterocycles. The van der Waals surface area contributed by atoms with Crippen molar-refractivity contribution >= 4 is 78.5 Å². The molecule has 3 spiro atoms. The first-order valence-electron chi connectivity index (χ1n) is 43.8. The van der Waals surface area contributed by atoms with Crippen molar-refractivity contribution in [3.8, 4) is 91.0 Å². The number of hydrazone groups is 3. The Hall–Kier alpha value is -16.9. The fourth-order valence-corrected chi connectivity index (χ4v) is 23.5. The third-order valence-electron chi connectivity index (χ3n) is 28.6. The van der Waals surface area contributed by atoms with Crippen molar-refractivity contribution in [2.45, 2.75) is 35.3 Å². The van der Waals surface area contributed by atoms with Crippen LogP contribution in [0.25, 0.3) is 88.6 Å². The number of pyridine rings is 3. The number of ether oxygens (including phenoxy) is 7. The molecule has 6 atom stereocenters. The highest BCUT2D eigenvalue weighted by Crippen LogP contribution is 2.66. The fraction of sp³-hybridized carbons (Fsp3) is 0.0811. The van der Waals surface area contributed by atoms with Crippen molar-refractivity contribution in [1.29, 1.82) is 0 Å². The quantitative estimate of drug-likeness (QED) is 0.149. The Labute approximate surface area is 739 Å². The minimum absolute atomic E-state index is 0.381. The zero-order chi connectivity index (χ0) is 84.6. The van der Waals surface area contributed by atoms with E-state index in [2.05, 4.69) is 395 Å². The standard InChI is InChI=1S/2C39H26N4O2.C33H23N3O3/c1-40-37(26-21-19-25(20-22-26)24-10-3-2-4-11-24)45-38-39-34-30(15-7-17-32(34)44-33-18-8-16-31(35(33)39)43(38)40)42-29-14-6-5-12-27(29)28-13-9-23-41(39)36(28)42;1-40-37(26-19-17-25(18-20-26)24-10-3-2-4-11-24)45-38-39-34-30(43(38)40)14-9-15-31(34)44-32-22-21-28-27-12-5-6-13-29(27)42(36(28)35(32)39)33-16-7-8-23-41(33)39;1-34-31(23-18-16-22(17-19-23)21-9-3-2-4-10-21)39-32-33-29-24(36(32)34)11-7-12-25(29)37-26-13-8-14-27(30(26)33)38-28-15-5-6-20-35(28)33/h2*2-23,38H,1H3;2-20,32H,1H3/q3*+2. The Morgan fingerprint density at radius 2 is 0.589 bits per heavy atom. The molecule has 6 unspecified atom stereocenters. The molecule has 129 heavy (non-hydrogen) atoms. The van der Waals surface area contributed by atoms with E-state index in [4.69, 9.17) is 33.2 Å². The van der Waals surface area contributed by atoms with E-state index in [0.29, 0.717) is 0 Å². The first-order valence-corrected chi connectivity index (χ1v) is 43.8. The summed E-state index contributed by atoms with van der Waals surface area (Å²) in [6.07, 6.45) is 5.37. The number of para-hydroxylation sites is 2. The van der Waals surface area contributed by atoms with Gasteiger partial charge in [-0.1, -0.05) is 202 Å². The third kappa shape index (κ3) is 8.88. The molecule has 0 aliphatic carbocycles. The second-order valence-electron chi connectivity index (χ2n) is 34.7. The fourth-order valence-electron chi connectivity index (χ4n) is 23.5. The number of nitrogens with zero attached hydrogens (tertiary/aromatic N) is 11. The summed E-state index contributed by atoms with van der Waals surface area (Å²) in [6, 6.07) is 128. The van der Waals surface area contributed by atoms with Crippen molar-refractivity contribution in [2.24, 2.45) is 0 Å². The van der Waals surface area contributed by atoms with E-state index in [0.717, 1.165) is 148 Å². The summed E-state index contributed by atoms with van der Waals surface area (Å²) < 4.78 is 66.3. The van der Waals surface area contributed by atoms with Crippen LogP contribution < -0.4 is 47.7 Å². The van der Waals surface area contributed by atoms with E-state index < -0.39 is 16.6 Å². The van der Waals surface area contributed by atoms with Crippen molar-refractivity contribution in [3.05, 3.63) is 433 Å². The molecule has 0 radical (unpaired) electrons. The Bertz CT molecular complexity index is 8150. The molecular formula is C111H75N11O7+6. The van der Waals surface area contributed by atoms with E-state index in [-0.39, 0.29) is 18.7 Å². The maximum absolute atomic E-state index is 7.25. The van der Waals surface area contributed by atoms with Gasteiger partial charge in [0.05, 0.1) is 51.7 Å². The predicted octanol–water partition coefficient (Wildman–Crippen LogP) is 20.1. The molecule has 0 N–H and O–H groups in total. The van der Waals surface area contributed by atoms with Gasteiger partial charge in [0.15, 0.2) is 32.9 Å². The summed E-state index contributed by atoms with van der Waals surface area (Å²) >= 11 is 0. The van der Waals surface area contributed by atoms with Gasteiger partial charge < -0.3 is 33.2 Å². The number of benzene rings is 14. The number of anilines is 3. The average Bonchev–Trinajstić information content (AvgIpc) is 1.52. The minimum atomic E-state index is -0.703. The lowest BCUT2D eigenvalue weighted by molar-refractivity contribution is -0.758. The number of fused-ring (bicyclic) bond motifs is 16. The molecule has 12 aliphatic rings. The molecule has 0 saturated heterocycles. The number of hydrogen-bond donors (Lipinski definition) is 0. The van der Waals surface area contributed by atoms with Crippen LogP contribution in [0.1, 0.15) is 50.1 Å². The normalized spacial score (nSPS) is 20.1. The van der Waals surface area contributed by atoms with Gasteiger partial charge in [0.2, 0.25) is 11.1 Å². The highest BCUT2D eigenvalue weighted by Gasteiger charge is 2.77. The molecule has 0 fully saturated rings. The van der Waals surface area contributed by atoms with Crippen LogP contribution in [-0.4, -0.2) is 80.7 Å². The molecule has 18 nitrogen and oxygen atoms in total. The molecule has 19 aromatic rings. The molecule has 0 amide bonds. The third-order valence-corrected chi connectivity index (χ3v) is 28.6. The van der Waals surface area contributed by atoms with Crippen LogP contribution >= 0.6 is 0 Å². The zero-order valence-corrected chi connectivity index (χ0v) is 69.9. The van der Waals surface area contributed by atoms with Crippen LogP contribution in [0.4, 0.5) is 17.1 Å². The van der Waals surface area contributed by atoms with E-state index in [1.165, 1.54) is 71.5 Å². The van der Waals surface area contributed by atoms with Crippen molar-refractivity contribution in [3.63, 3.8) is 0 Å². The molecule has 31 rings (SSSR count). The summed E-state index contributed by atoms with van der Waals surface area (Å²) in [4.78, 5) is 0. The van der Waals surface area contributed by atoms with Crippen molar-refractivity contribution in [2.75, 3.05) is 36.2 Å². The Kier molecular flexibility index (Phi) is 13.9. The minimum Gasteiger partial charge on any atom is -0.456 e. The predicted molar refractivity (Wildman–Crippen MR) is 492 cm³/mol. The molecule has 0 bridgehead atoms. The number of rotatable bonds is 6. The molecule has 5 aromatic heterocycles. The lowest BCUT2D eigenvalue weighted by Crippen LogP contribution is -2.68. The van der Waals surface area contributed by atoms with Gasteiger partial charge in [-0.05, 0) is 191 Å². The van der Waals surface area contributed by atoms with Crippen LogP contribution in [0.2, 0.25) is 0 Å². The second kappa shape index (κ2) is 25.5. The van der Waals surface area contributed by atoms with Gasteiger partial charge in [0.25, 0.3) is 29.5 Å². The lowest BCUT2D eigenvalue weighted by atomic mass is 9.77. The molecule has 14 aromatic carbocycles. The van der Waals surface area contributed by atoms with Gasteiger partial charge >= 0.3 is 29.8 Å². The highest BCUT2D eigenvalue weighted by atomic mass is 16.6. The van der Waals surface area contributed by atoms with Gasteiger partial charge in [0.1, 0.15) is 96.3 Å². The zero-order valence-electron chi connectivity index (χ0n) is 69.9. The van der Waals surface area contributed by atoms with Crippen molar-refractivity contribution < 1.29 is 60.9 Å². The van der Waals surface area contributed by atoms with Gasteiger partial charge in [-0.2, -0.15) is 9.13 Å². The van der Waals surface area contributed by atoms with Crippen LogP contribution in [0, 0.1) is 0 Å². The van der Waals surface area contributed by atoms with Crippen molar-refractivity contribution in [1.82, 2.24) is 9.13 Å².